The van der Waals surface area contributed by atoms with E-state index in [0.29, 0.717) is 23.5 Å². The number of anilines is 1. The number of benzene rings is 1. The minimum atomic E-state index is -1.35. The van der Waals surface area contributed by atoms with Crippen LogP contribution in [0.25, 0.3) is 11.2 Å². The topological polar surface area (TPSA) is 139 Å². The molecule has 3 heterocycles. The maximum atomic E-state index is 12.3. The second-order valence-corrected chi connectivity index (χ2v) is 7.78. The standard InChI is InChI=1S/C20H22N6O4.BrH/c21-17-13-18(23-9-25(17)8-11-4-2-1-3-5-11)26(10-22-13)20-15(28)14(27)16(30-20)19(29)24-12-6-7-12;/h1-5,9-10,12,14-16,20-21,27-28H,6-8H2,(H,24,29);1H/t14-,15+,16-,20+;/m0./s1. The van der Waals surface area contributed by atoms with Crippen LogP contribution < -0.4 is 32.6 Å². The van der Waals surface area contributed by atoms with Crippen LogP contribution in [-0.4, -0.2) is 55.0 Å². The van der Waals surface area contributed by atoms with Gasteiger partial charge in [0.2, 0.25) is 12.0 Å². The summed E-state index contributed by atoms with van der Waals surface area (Å²) in [5, 5.41) is 23.6. The van der Waals surface area contributed by atoms with Gasteiger partial charge in [0.1, 0.15) is 18.5 Å². The Morgan fingerprint density at radius 3 is 2.68 bits per heavy atom. The molecule has 1 aromatic carbocycles. The third kappa shape index (κ3) is 4.01. The first-order valence-electron chi connectivity index (χ1n) is 9.89. The maximum absolute atomic E-state index is 12.3. The first-order chi connectivity index (χ1) is 14.5. The fourth-order valence-electron chi connectivity index (χ4n) is 3.70. The Morgan fingerprint density at radius 2 is 1.97 bits per heavy atom. The van der Waals surface area contributed by atoms with Gasteiger partial charge in [-0.25, -0.2) is 9.55 Å². The van der Waals surface area contributed by atoms with Gasteiger partial charge in [0.25, 0.3) is 11.7 Å². The average Bonchev–Trinajstić information content (AvgIpc) is 3.38. The third-order valence-electron chi connectivity index (χ3n) is 5.53. The predicted octanol–water partition coefficient (Wildman–Crippen LogP) is -3.75. The fourth-order valence-corrected chi connectivity index (χ4v) is 3.70. The Kier molecular flexibility index (Phi) is 5.93. The van der Waals surface area contributed by atoms with Crippen LogP contribution >= 0.6 is 0 Å². The molecule has 2 aliphatic rings. The molecule has 4 atom stereocenters. The van der Waals surface area contributed by atoms with Gasteiger partial charge in [-0.3, -0.25) is 9.36 Å². The van der Waals surface area contributed by atoms with Crippen LogP contribution in [0.15, 0.2) is 43.0 Å². The molecule has 1 saturated carbocycles. The summed E-state index contributed by atoms with van der Waals surface area (Å²) in [5.41, 5.74) is 8.22. The molecule has 3 aromatic rings. The number of imidazole rings is 1. The number of ether oxygens (including phenoxy) is 1. The first kappa shape index (κ1) is 21.6. The second kappa shape index (κ2) is 8.50. The monoisotopic (exact) mass is 490 g/mol. The van der Waals surface area contributed by atoms with Crippen LogP contribution in [0.4, 0.5) is 5.82 Å². The van der Waals surface area contributed by atoms with Gasteiger partial charge in [0, 0.05) is 6.04 Å². The minimum absolute atomic E-state index is 0. The van der Waals surface area contributed by atoms with Crippen molar-refractivity contribution in [2.75, 3.05) is 5.73 Å². The number of nitrogens with zero attached hydrogens (tertiary/aromatic N) is 4. The molecule has 10 nitrogen and oxygen atoms in total. The molecular formula is C20H23BrN6O4. The van der Waals surface area contributed by atoms with Gasteiger partial charge in [-0.2, -0.15) is 0 Å². The quantitative estimate of drug-likeness (QED) is 0.269. The number of aromatic nitrogens is 4. The largest absolute Gasteiger partial charge is 1.00 e. The van der Waals surface area contributed by atoms with Crippen molar-refractivity contribution < 1.29 is 41.3 Å². The molecule has 11 heteroatoms. The summed E-state index contributed by atoms with van der Waals surface area (Å²) in [6.45, 7) is 0.535. The molecule has 0 bridgehead atoms. The molecule has 31 heavy (non-hydrogen) atoms. The van der Waals surface area contributed by atoms with Gasteiger partial charge < -0.3 is 43.0 Å². The van der Waals surface area contributed by atoms with Crippen LogP contribution in [0.5, 0.6) is 0 Å². The summed E-state index contributed by atoms with van der Waals surface area (Å²) < 4.78 is 8.99. The molecule has 1 saturated heterocycles. The highest BCUT2D eigenvalue weighted by atomic mass is 79.9. The molecule has 1 aliphatic heterocycles. The lowest BCUT2D eigenvalue weighted by atomic mass is 10.1. The lowest BCUT2D eigenvalue weighted by Crippen LogP contribution is -3.00. The number of nitrogens with two attached hydrogens (primary N) is 1. The molecular weight excluding hydrogens is 468 g/mol. The normalized spacial score (nSPS) is 25.4. The molecule has 5 N–H and O–H groups in total. The summed E-state index contributed by atoms with van der Waals surface area (Å²) in [6.07, 6.45) is 0.0504. The van der Waals surface area contributed by atoms with Crippen molar-refractivity contribution in [1.82, 2.24) is 19.9 Å². The van der Waals surface area contributed by atoms with Gasteiger partial charge in [-0.1, -0.05) is 35.3 Å². The number of amides is 1. The van der Waals surface area contributed by atoms with E-state index in [9.17, 15) is 15.0 Å². The number of hydrogen-bond acceptors (Lipinski definition) is 7. The number of carbonyl (C=O) groups excluding carboxylic acids is 1. The molecule has 1 aliphatic carbocycles. The van der Waals surface area contributed by atoms with E-state index < -0.39 is 30.4 Å². The van der Waals surface area contributed by atoms with Gasteiger partial charge in [0.05, 0.1) is 6.54 Å². The number of hydrogen-bond donors (Lipinski definition) is 4. The van der Waals surface area contributed by atoms with E-state index in [-0.39, 0.29) is 23.0 Å². The zero-order valence-corrected chi connectivity index (χ0v) is 18.1. The molecule has 5 rings (SSSR count). The highest BCUT2D eigenvalue weighted by Crippen LogP contribution is 2.32. The summed E-state index contributed by atoms with van der Waals surface area (Å²) in [5.74, 6) is -0.0113. The lowest BCUT2D eigenvalue weighted by molar-refractivity contribution is -0.675. The predicted molar refractivity (Wildman–Crippen MR) is 105 cm³/mol. The van der Waals surface area contributed by atoms with E-state index in [2.05, 4.69) is 15.3 Å². The van der Waals surface area contributed by atoms with Crippen molar-refractivity contribution in [3.05, 3.63) is 48.5 Å². The number of aliphatic hydroxyl groups excluding tert-OH is 2. The van der Waals surface area contributed by atoms with Crippen LogP contribution in [0.1, 0.15) is 24.6 Å². The van der Waals surface area contributed by atoms with Crippen molar-refractivity contribution in [3.8, 4) is 0 Å². The van der Waals surface area contributed by atoms with Crippen molar-refractivity contribution in [2.45, 2.75) is 50.0 Å². The van der Waals surface area contributed by atoms with Crippen molar-refractivity contribution >= 4 is 22.9 Å². The molecule has 0 spiro atoms. The van der Waals surface area contributed by atoms with E-state index >= 15 is 0 Å². The number of fused-ring (bicyclic) bond motifs is 1. The summed E-state index contributed by atoms with van der Waals surface area (Å²) in [7, 11) is 0. The smallest absolute Gasteiger partial charge is 0.252 e. The summed E-state index contributed by atoms with van der Waals surface area (Å²) in [6, 6.07) is 9.96. The summed E-state index contributed by atoms with van der Waals surface area (Å²) in [4.78, 5) is 21.1. The van der Waals surface area contributed by atoms with E-state index in [1.165, 1.54) is 10.9 Å². The number of nitrogen functional groups attached to an aromatic ring is 1. The van der Waals surface area contributed by atoms with Crippen molar-refractivity contribution in [3.63, 3.8) is 0 Å². The second-order valence-electron chi connectivity index (χ2n) is 7.78. The van der Waals surface area contributed by atoms with E-state index in [0.717, 1.165) is 18.4 Å². The van der Waals surface area contributed by atoms with Crippen LogP contribution in [0.2, 0.25) is 0 Å². The fraction of sp³-hybridized carbons (Fsp3) is 0.400. The molecule has 0 radical (unpaired) electrons. The highest BCUT2D eigenvalue weighted by Gasteiger charge is 2.48. The van der Waals surface area contributed by atoms with Crippen molar-refractivity contribution in [2.24, 2.45) is 0 Å². The van der Waals surface area contributed by atoms with E-state index in [1.54, 1.807) is 10.9 Å². The number of halogens is 1. The SMILES string of the molecule is Nc1c2ncn([C@@H]3O[C@H](C(=O)NC4CC4)[C@@H](O)[C@H]3O)c2nc[n+]1Cc1ccccc1.[Br-]. The third-order valence-corrected chi connectivity index (χ3v) is 5.53. The Hall–Kier alpha value is -2.60. The number of carbonyl (C=O) groups is 1. The number of rotatable bonds is 5. The number of nitrogens with one attached hydrogen (secondary N) is 1. The molecule has 2 aromatic heterocycles. The Morgan fingerprint density at radius 1 is 1.23 bits per heavy atom. The molecule has 164 valence electrons. The van der Waals surface area contributed by atoms with Gasteiger partial charge in [0.15, 0.2) is 17.8 Å². The van der Waals surface area contributed by atoms with Gasteiger partial charge in [-0.05, 0) is 18.4 Å². The first-order valence-corrected chi connectivity index (χ1v) is 9.89. The molecule has 1 amide bonds. The zero-order chi connectivity index (χ0) is 20.8. The zero-order valence-electron chi connectivity index (χ0n) is 16.5. The Balaban J connectivity index is 0.00000231. The maximum Gasteiger partial charge on any atom is 0.252 e. The van der Waals surface area contributed by atoms with Crippen LogP contribution in [0.3, 0.4) is 0 Å². The van der Waals surface area contributed by atoms with Crippen LogP contribution in [-0.2, 0) is 16.1 Å². The van der Waals surface area contributed by atoms with Gasteiger partial charge in [-0.15, -0.1) is 0 Å². The lowest BCUT2D eigenvalue weighted by Gasteiger charge is -2.15. The summed E-state index contributed by atoms with van der Waals surface area (Å²) >= 11 is 0. The van der Waals surface area contributed by atoms with Crippen molar-refractivity contribution in [1.29, 1.82) is 0 Å². The highest BCUT2D eigenvalue weighted by molar-refractivity contribution is 5.83. The average molecular weight is 491 g/mol. The number of aliphatic hydroxyl groups is 2. The van der Waals surface area contributed by atoms with Crippen LogP contribution in [0, 0.1) is 0 Å². The van der Waals surface area contributed by atoms with E-state index in [4.69, 9.17) is 10.5 Å². The molecule has 2 fully saturated rings. The Bertz CT molecular complexity index is 1090. The Labute approximate surface area is 188 Å². The molecule has 0 unspecified atom stereocenters. The minimum Gasteiger partial charge on any atom is -1.00 e. The van der Waals surface area contributed by atoms with E-state index in [1.807, 2.05) is 30.3 Å². The van der Waals surface area contributed by atoms with Gasteiger partial charge >= 0.3 is 0 Å².